The van der Waals surface area contributed by atoms with Gasteiger partial charge in [-0.05, 0) is 43.1 Å². The minimum atomic E-state index is -4.41. The first-order chi connectivity index (χ1) is 7.84. The number of rotatable bonds is 4. The standard InChI is InChI=1S/C11H14ClF3N2.ClH/c12-9-5-7(10(17)2-1-3-16)4-8(6-9)11(13,14)15;/h4-6,10H,1-3,16-17H2;1H/t10-;/m0./s1. The number of halogens is 5. The van der Waals surface area contributed by atoms with Gasteiger partial charge in [0.2, 0.25) is 0 Å². The Morgan fingerprint density at radius 2 is 1.83 bits per heavy atom. The highest BCUT2D eigenvalue weighted by atomic mass is 35.5. The molecule has 0 radical (unpaired) electrons. The van der Waals surface area contributed by atoms with Crippen molar-refractivity contribution in [3.63, 3.8) is 0 Å². The second kappa shape index (κ2) is 7.19. The third-order valence-corrected chi connectivity index (χ3v) is 2.61. The molecule has 0 bridgehead atoms. The fourth-order valence-corrected chi connectivity index (χ4v) is 1.74. The molecule has 2 nitrogen and oxygen atoms in total. The molecule has 18 heavy (non-hydrogen) atoms. The van der Waals surface area contributed by atoms with Crippen LogP contribution in [0.1, 0.15) is 30.0 Å². The van der Waals surface area contributed by atoms with Crippen molar-refractivity contribution < 1.29 is 13.2 Å². The van der Waals surface area contributed by atoms with Crippen LogP contribution in [0, 0.1) is 0 Å². The Kier molecular flexibility index (Phi) is 6.99. The molecule has 1 aromatic rings. The van der Waals surface area contributed by atoms with Gasteiger partial charge < -0.3 is 11.5 Å². The number of benzene rings is 1. The van der Waals surface area contributed by atoms with Gasteiger partial charge in [0.1, 0.15) is 0 Å². The molecule has 0 fully saturated rings. The van der Waals surface area contributed by atoms with Gasteiger partial charge in [-0.3, -0.25) is 0 Å². The van der Waals surface area contributed by atoms with Crippen molar-refractivity contribution in [3.8, 4) is 0 Å². The molecule has 1 atom stereocenters. The van der Waals surface area contributed by atoms with Crippen LogP contribution >= 0.6 is 24.0 Å². The fourth-order valence-electron chi connectivity index (χ4n) is 1.49. The maximum absolute atomic E-state index is 12.5. The molecule has 7 heteroatoms. The van der Waals surface area contributed by atoms with Crippen LogP contribution in [0.5, 0.6) is 0 Å². The van der Waals surface area contributed by atoms with Gasteiger partial charge in [0.25, 0.3) is 0 Å². The number of nitrogens with two attached hydrogens (primary N) is 2. The van der Waals surface area contributed by atoms with E-state index < -0.39 is 17.8 Å². The highest BCUT2D eigenvalue weighted by molar-refractivity contribution is 6.30. The van der Waals surface area contributed by atoms with Crippen molar-refractivity contribution in [1.29, 1.82) is 0 Å². The third-order valence-electron chi connectivity index (χ3n) is 2.39. The van der Waals surface area contributed by atoms with Crippen LogP contribution in [0.25, 0.3) is 0 Å². The zero-order valence-electron chi connectivity index (χ0n) is 9.51. The molecule has 0 unspecified atom stereocenters. The van der Waals surface area contributed by atoms with Crippen LogP contribution in [0.15, 0.2) is 18.2 Å². The van der Waals surface area contributed by atoms with Gasteiger partial charge in [-0.2, -0.15) is 13.2 Å². The summed E-state index contributed by atoms with van der Waals surface area (Å²) in [6.07, 6.45) is -3.21. The first-order valence-corrected chi connectivity index (χ1v) is 5.55. The van der Waals surface area contributed by atoms with E-state index >= 15 is 0 Å². The van der Waals surface area contributed by atoms with Crippen LogP contribution in [0.4, 0.5) is 13.2 Å². The Hall–Kier alpha value is -0.490. The van der Waals surface area contributed by atoms with E-state index in [1.807, 2.05) is 0 Å². The molecular weight excluding hydrogens is 288 g/mol. The Morgan fingerprint density at radius 3 is 2.33 bits per heavy atom. The molecule has 0 saturated carbocycles. The molecule has 0 spiro atoms. The van der Waals surface area contributed by atoms with Crippen molar-refractivity contribution in [2.75, 3.05) is 6.54 Å². The minimum Gasteiger partial charge on any atom is -0.330 e. The molecule has 0 aliphatic carbocycles. The zero-order valence-corrected chi connectivity index (χ0v) is 11.1. The van der Waals surface area contributed by atoms with Gasteiger partial charge in [-0.25, -0.2) is 0 Å². The van der Waals surface area contributed by atoms with Gasteiger partial charge >= 0.3 is 6.18 Å². The monoisotopic (exact) mass is 302 g/mol. The lowest BCUT2D eigenvalue weighted by Crippen LogP contribution is -2.14. The molecule has 0 aromatic heterocycles. The summed E-state index contributed by atoms with van der Waals surface area (Å²) in [5.74, 6) is 0. The molecule has 0 amide bonds. The molecule has 1 rings (SSSR count). The Bertz CT molecular complexity index is 383. The van der Waals surface area contributed by atoms with Crippen LogP contribution in [-0.2, 0) is 6.18 Å². The molecule has 1 aromatic carbocycles. The summed E-state index contributed by atoms with van der Waals surface area (Å²) >= 11 is 5.65. The summed E-state index contributed by atoms with van der Waals surface area (Å²) < 4.78 is 37.6. The summed E-state index contributed by atoms with van der Waals surface area (Å²) in [6, 6.07) is 2.91. The van der Waals surface area contributed by atoms with Crippen molar-refractivity contribution in [2.24, 2.45) is 11.5 Å². The molecule has 0 heterocycles. The smallest absolute Gasteiger partial charge is 0.330 e. The van der Waals surface area contributed by atoms with E-state index in [9.17, 15) is 13.2 Å². The Labute approximate surface area is 115 Å². The van der Waals surface area contributed by atoms with E-state index in [1.54, 1.807) is 0 Å². The van der Waals surface area contributed by atoms with Crippen molar-refractivity contribution in [1.82, 2.24) is 0 Å². The molecular formula is C11H15Cl2F3N2. The average Bonchev–Trinajstić information content (AvgIpc) is 2.23. The zero-order chi connectivity index (χ0) is 13.1. The first-order valence-electron chi connectivity index (χ1n) is 5.18. The molecule has 4 N–H and O–H groups in total. The summed E-state index contributed by atoms with van der Waals surface area (Å²) in [5, 5.41) is 0.0398. The quantitative estimate of drug-likeness (QED) is 0.894. The predicted octanol–water partition coefficient (Wildman–Crippen LogP) is 3.52. The maximum atomic E-state index is 12.5. The van der Waals surface area contributed by atoms with E-state index in [-0.39, 0.29) is 17.4 Å². The average molecular weight is 303 g/mol. The lowest BCUT2D eigenvalue weighted by atomic mass is 10.0. The van der Waals surface area contributed by atoms with Crippen LogP contribution in [0.2, 0.25) is 5.02 Å². The topological polar surface area (TPSA) is 52.0 Å². The SMILES string of the molecule is Cl.NCCC[C@H](N)c1cc(Cl)cc(C(F)(F)F)c1. The second-order valence-electron chi connectivity index (χ2n) is 3.81. The maximum Gasteiger partial charge on any atom is 0.416 e. The van der Waals surface area contributed by atoms with Crippen molar-refractivity contribution >= 4 is 24.0 Å². The normalized spacial score (nSPS) is 13.0. The molecule has 0 aliphatic rings. The predicted molar refractivity (Wildman–Crippen MR) is 68.9 cm³/mol. The third kappa shape index (κ3) is 5.02. The van der Waals surface area contributed by atoms with E-state index in [0.29, 0.717) is 24.9 Å². The van der Waals surface area contributed by atoms with Crippen LogP contribution in [-0.4, -0.2) is 6.54 Å². The number of alkyl halides is 3. The summed E-state index contributed by atoms with van der Waals surface area (Å²) in [4.78, 5) is 0. The highest BCUT2D eigenvalue weighted by Crippen LogP contribution is 2.33. The van der Waals surface area contributed by atoms with Gasteiger partial charge in [0, 0.05) is 11.1 Å². The minimum absolute atomic E-state index is 0. The second-order valence-corrected chi connectivity index (χ2v) is 4.24. The van der Waals surface area contributed by atoms with Gasteiger partial charge in [-0.1, -0.05) is 11.6 Å². The highest BCUT2D eigenvalue weighted by Gasteiger charge is 2.31. The van der Waals surface area contributed by atoms with E-state index in [2.05, 4.69) is 0 Å². The lowest BCUT2D eigenvalue weighted by molar-refractivity contribution is -0.137. The van der Waals surface area contributed by atoms with E-state index in [4.69, 9.17) is 23.1 Å². The fraction of sp³-hybridized carbons (Fsp3) is 0.455. The summed E-state index contributed by atoms with van der Waals surface area (Å²) in [5.41, 5.74) is 10.7. The number of hydrogen-bond acceptors (Lipinski definition) is 2. The van der Waals surface area contributed by atoms with Crippen molar-refractivity contribution in [2.45, 2.75) is 25.1 Å². The number of hydrogen-bond donors (Lipinski definition) is 2. The van der Waals surface area contributed by atoms with Crippen LogP contribution < -0.4 is 11.5 Å². The summed E-state index contributed by atoms with van der Waals surface area (Å²) in [6.45, 7) is 0.459. The van der Waals surface area contributed by atoms with Gasteiger partial charge in [0.15, 0.2) is 0 Å². The Morgan fingerprint density at radius 1 is 1.22 bits per heavy atom. The Balaban J connectivity index is 0.00000289. The van der Waals surface area contributed by atoms with Crippen LogP contribution in [0.3, 0.4) is 0 Å². The van der Waals surface area contributed by atoms with E-state index in [1.165, 1.54) is 6.07 Å². The first kappa shape index (κ1) is 17.5. The van der Waals surface area contributed by atoms with Gasteiger partial charge in [0.05, 0.1) is 5.56 Å². The van der Waals surface area contributed by atoms with E-state index in [0.717, 1.165) is 12.1 Å². The lowest BCUT2D eigenvalue weighted by Gasteiger charge is -2.15. The van der Waals surface area contributed by atoms with Crippen molar-refractivity contribution in [3.05, 3.63) is 34.3 Å². The molecule has 0 aliphatic heterocycles. The summed E-state index contributed by atoms with van der Waals surface area (Å²) in [7, 11) is 0. The van der Waals surface area contributed by atoms with Gasteiger partial charge in [-0.15, -0.1) is 12.4 Å². The molecule has 0 saturated heterocycles. The molecule has 104 valence electrons. The largest absolute Gasteiger partial charge is 0.416 e.